The Morgan fingerprint density at radius 3 is 2.50 bits per heavy atom. The van der Waals surface area contributed by atoms with Crippen LogP contribution in [-0.4, -0.2) is 23.5 Å². The van der Waals surface area contributed by atoms with Gasteiger partial charge in [-0.3, -0.25) is 9.59 Å². The Morgan fingerprint density at radius 1 is 1.50 bits per heavy atom. The number of nitrogens with one attached hydrogen (secondary N) is 1. The van der Waals surface area contributed by atoms with Crippen molar-refractivity contribution in [3.8, 4) is 12.3 Å². The zero-order chi connectivity index (χ0) is 10.6. The summed E-state index contributed by atoms with van der Waals surface area (Å²) in [4.78, 5) is 21.9. The van der Waals surface area contributed by atoms with E-state index in [2.05, 4.69) is 11.2 Å². The summed E-state index contributed by atoms with van der Waals surface area (Å²) in [5, 5.41) is 11.5. The quantitative estimate of drug-likeness (QED) is 0.637. The molecule has 0 radical (unpaired) electrons. The highest BCUT2D eigenvalue weighted by molar-refractivity contribution is 5.80. The first-order valence-corrected chi connectivity index (χ1v) is 4.54. The van der Waals surface area contributed by atoms with E-state index < -0.39 is 11.4 Å². The van der Waals surface area contributed by atoms with Gasteiger partial charge < -0.3 is 10.4 Å². The van der Waals surface area contributed by atoms with Gasteiger partial charge in [-0.05, 0) is 12.8 Å². The average molecular weight is 195 g/mol. The van der Waals surface area contributed by atoms with Crippen LogP contribution in [-0.2, 0) is 9.59 Å². The van der Waals surface area contributed by atoms with Crippen molar-refractivity contribution in [1.82, 2.24) is 5.32 Å². The Labute approximate surface area is 82.7 Å². The van der Waals surface area contributed by atoms with Crippen LogP contribution in [0.3, 0.4) is 0 Å². The third-order valence-electron chi connectivity index (χ3n) is 2.65. The molecule has 4 nitrogen and oxygen atoms in total. The van der Waals surface area contributed by atoms with Crippen LogP contribution in [0.2, 0.25) is 0 Å². The van der Waals surface area contributed by atoms with Gasteiger partial charge in [0.1, 0.15) is 0 Å². The fourth-order valence-electron chi connectivity index (χ4n) is 1.49. The molecule has 4 heteroatoms. The first-order valence-electron chi connectivity index (χ1n) is 4.54. The van der Waals surface area contributed by atoms with Crippen LogP contribution >= 0.6 is 0 Å². The van der Waals surface area contributed by atoms with Crippen molar-refractivity contribution < 1.29 is 14.7 Å². The second kappa shape index (κ2) is 4.14. The lowest BCUT2D eigenvalue weighted by Crippen LogP contribution is -2.47. The van der Waals surface area contributed by atoms with Crippen LogP contribution in [0.1, 0.15) is 25.7 Å². The smallest absolute Gasteiger partial charge is 0.311 e. The second-order valence-electron chi connectivity index (χ2n) is 3.60. The molecule has 2 N–H and O–H groups in total. The number of rotatable bonds is 4. The summed E-state index contributed by atoms with van der Waals surface area (Å²) in [6.07, 6.45) is 7.15. The summed E-state index contributed by atoms with van der Waals surface area (Å²) < 4.78 is 0. The van der Waals surface area contributed by atoms with Gasteiger partial charge in [0, 0.05) is 6.54 Å². The van der Waals surface area contributed by atoms with Crippen molar-refractivity contribution in [1.29, 1.82) is 0 Å². The minimum Gasteiger partial charge on any atom is -0.481 e. The van der Waals surface area contributed by atoms with Gasteiger partial charge in [0.05, 0.1) is 11.8 Å². The molecule has 1 aliphatic carbocycles. The van der Waals surface area contributed by atoms with Crippen LogP contribution in [0, 0.1) is 17.8 Å². The topological polar surface area (TPSA) is 66.4 Å². The van der Waals surface area contributed by atoms with Crippen molar-refractivity contribution in [2.24, 2.45) is 5.41 Å². The zero-order valence-electron chi connectivity index (χ0n) is 7.88. The number of carbonyl (C=O) groups is 2. The second-order valence-corrected chi connectivity index (χ2v) is 3.60. The summed E-state index contributed by atoms with van der Waals surface area (Å²) in [5.41, 5.74) is -0.732. The monoisotopic (exact) mass is 195 g/mol. The molecule has 1 rings (SSSR count). The van der Waals surface area contributed by atoms with Gasteiger partial charge >= 0.3 is 5.97 Å². The number of hydrogen-bond acceptors (Lipinski definition) is 2. The highest BCUT2D eigenvalue weighted by Gasteiger charge is 2.44. The molecule has 1 aliphatic rings. The molecule has 1 amide bonds. The number of hydrogen-bond donors (Lipinski definition) is 2. The number of carboxylic acid groups (broad SMARTS) is 1. The predicted molar refractivity (Wildman–Crippen MR) is 50.4 cm³/mol. The molecule has 1 saturated carbocycles. The molecule has 0 aromatic rings. The van der Waals surface area contributed by atoms with E-state index in [1.54, 1.807) is 0 Å². The van der Waals surface area contributed by atoms with E-state index in [1.807, 2.05) is 0 Å². The van der Waals surface area contributed by atoms with Crippen LogP contribution in [0.5, 0.6) is 0 Å². The fraction of sp³-hybridized carbons (Fsp3) is 0.600. The lowest BCUT2D eigenvalue weighted by atomic mass is 9.69. The van der Waals surface area contributed by atoms with E-state index in [9.17, 15) is 9.59 Å². The van der Waals surface area contributed by atoms with Crippen LogP contribution in [0.25, 0.3) is 0 Å². The molecule has 76 valence electrons. The third kappa shape index (κ3) is 2.05. The predicted octanol–water partition coefficient (Wildman–Crippen LogP) is 0.381. The van der Waals surface area contributed by atoms with Crippen LogP contribution < -0.4 is 5.32 Å². The molecule has 0 spiro atoms. The Morgan fingerprint density at radius 2 is 2.14 bits per heavy atom. The summed E-state index contributed by atoms with van der Waals surface area (Å²) in [6, 6.07) is 0. The molecule has 0 aromatic heterocycles. The van der Waals surface area contributed by atoms with Crippen molar-refractivity contribution in [2.45, 2.75) is 25.7 Å². The van der Waals surface area contributed by atoms with Crippen molar-refractivity contribution >= 4 is 11.9 Å². The van der Waals surface area contributed by atoms with Crippen LogP contribution in [0.4, 0.5) is 0 Å². The Bertz CT molecular complexity index is 286. The van der Waals surface area contributed by atoms with Gasteiger partial charge in [-0.1, -0.05) is 12.3 Å². The maximum absolute atomic E-state index is 11.0. The molecule has 0 heterocycles. The Hall–Kier alpha value is -1.50. The SMILES string of the molecule is C#CCC(=O)NCC1(C(=O)O)CCC1. The van der Waals surface area contributed by atoms with Crippen LogP contribution in [0.15, 0.2) is 0 Å². The molecule has 0 unspecified atom stereocenters. The van der Waals surface area contributed by atoms with E-state index in [0.29, 0.717) is 12.8 Å². The number of carboxylic acids is 1. The van der Waals surface area contributed by atoms with E-state index in [4.69, 9.17) is 11.5 Å². The largest absolute Gasteiger partial charge is 0.481 e. The summed E-state index contributed by atoms with van der Waals surface area (Å²) >= 11 is 0. The number of amides is 1. The fourth-order valence-corrected chi connectivity index (χ4v) is 1.49. The molecule has 0 bridgehead atoms. The van der Waals surface area contributed by atoms with Gasteiger partial charge in [0.25, 0.3) is 0 Å². The van der Waals surface area contributed by atoms with Gasteiger partial charge in [0.15, 0.2) is 0 Å². The van der Waals surface area contributed by atoms with E-state index in [1.165, 1.54) is 0 Å². The van der Waals surface area contributed by atoms with E-state index in [0.717, 1.165) is 6.42 Å². The van der Waals surface area contributed by atoms with Gasteiger partial charge in [-0.2, -0.15) is 0 Å². The standard InChI is InChI=1S/C10H13NO3/c1-2-4-8(12)11-7-10(9(13)14)5-3-6-10/h1H,3-7H2,(H,11,12)(H,13,14). The maximum Gasteiger partial charge on any atom is 0.311 e. The summed E-state index contributed by atoms with van der Waals surface area (Å²) in [6.45, 7) is 0.197. The highest BCUT2D eigenvalue weighted by atomic mass is 16.4. The minimum atomic E-state index is -0.829. The average Bonchev–Trinajstić information content (AvgIpc) is 2.02. The molecule has 0 aromatic carbocycles. The Kier molecular flexibility index (Phi) is 3.13. The lowest BCUT2D eigenvalue weighted by molar-refractivity contribution is -0.154. The van der Waals surface area contributed by atoms with Crippen molar-refractivity contribution in [3.63, 3.8) is 0 Å². The number of terminal acetylenes is 1. The molecular formula is C10H13NO3. The maximum atomic E-state index is 11.0. The van der Waals surface area contributed by atoms with Gasteiger partial charge in [-0.25, -0.2) is 0 Å². The third-order valence-corrected chi connectivity index (χ3v) is 2.65. The normalized spacial score (nSPS) is 17.6. The van der Waals surface area contributed by atoms with E-state index in [-0.39, 0.29) is 18.9 Å². The highest BCUT2D eigenvalue weighted by Crippen LogP contribution is 2.40. The molecule has 0 saturated heterocycles. The first-order chi connectivity index (χ1) is 6.60. The molecule has 0 aliphatic heterocycles. The Balaban J connectivity index is 2.40. The minimum absolute atomic E-state index is 0.00962. The molecule has 0 atom stereocenters. The number of aliphatic carboxylic acids is 1. The van der Waals surface area contributed by atoms with E-state index >= 15 is 0 Å². The molecular weight excluding hydrogens is 182 g/mol. The lowest BCUT2D eigenvalue weighted by Gasteiger charge is -2.37. The molecule has 14 heavy (non-hydrogen) atoms. The van der Waals surface area contributed by atoms with Crippen molar-refractivity contribution in [2.75, 3.05) is 6.54 Å². The first kappa shape index (κ1) is 10.6. The number of carbonyl (C=O) groups excluding carboxylic acids is 1. The van der Waals surface area contributed by atoms with Crippen molar-refractivity contribution in [3.05, 3.63) is 0 Å². The van der Waals surface area contributed by atoms with Gasteiger partial charge in [-0.15, -0.1) is 6.42 Å². The zero-order valence-corrected chi connectivity index (χ0v) is 7.88. The molecule has 1 fully saturated rings. The summed E-state index contributed by atoms with van der Waals surface area (Å²) in [5.74, 6) is 1.10. The summed E-state index contributed by atoms with van der Waals surface area (Å²) in [7, 11) is 0. The van der Waals surface area contributed by atoms with Gasteiger partial charge in [0.2, 0.25) is 5.91 Å².